The van der Waals surface area contributed by atoms with E-state index in [1.165, 1.54) is 37.1 Å². The molecule has 3 amide bonds. The SMILES string of the molecule is COc1ccccc1/C=C(/NC(=O)c1ccccc1)C(=O)Nc1cccc(SC(C)C(=O)Nc2ccc([N+](=O)[O-])cc2C)c1. The fourth-order valence-corrected chi connectivity index (χ4v) is 5.05. The highest BCUT2D eigenvalue weighted by atomic mass is 32.2. The number of nitro benzene ring substituents is 1. The van der Waals surface area contributed by atoms with E-state index in [0.29, 0.717) is 33.8 Å². The van der Waals surface area contributed by atoms with Crippen LogP contribution in [-0.2, 0) is 9.59 Å². The molecule has 0 aliphatic rings. The summed E-state index contributed by atoms with van der Waals surface area (Å²) in [5, 5.41) is 18.8. The third-order valence-electron chi connectivity index (χ3n) is 6.42. The Kier molecular flexibility index (Phi) is 10.5. The molecule has 0 saturated carbocycles. The number of thioether (sulfide) groups is 1. The fraction of sp³-hybridized carbons (Fsp3) is 0.121. The maximum absolute atomic E-state index is 13.5. The van der Waals surface area contributed by atoms with Crippen molar-refractivity contribution in [3.63, 3.8) is 0 Å². The standard InChI is InChI=1S/C33H30N4O6S/c1-21-18-26(37(41)42)16-17-28(21)35-31(38)22(2)44-27-14-9-13-25(20-27)34-33(40)29(19-24-12-7-8-15-30(24)43-3)36-32(39)23-10-5-4-6-11-23/h4-20,22H,1-3H3,(H,34,40)(H,35,38)(H,36,39)/b29-19+. The molecule has 3 N–H and O–H groups in total. The van der Waals surface area contributed by atoms with Crippen molar-refractivity contribution in [2.24, 2.45) is 0 Å². The van der Waals surface area contributed by atoms with Gasteiger partial charge < -0.3 is 20.7 Å². The number of hydrogen-bond acceptors (Lipinski definition) is 7. The van der Waals surface area contributed by atoms with Crippen molar-refractivity contribution in [1.82, 2.24) is 5.32 Å². The number of benzene rings is 4. The van der Waals surface area contributed by atoms with Gasteiger partial charge in [0.05, 0.1) is 17.3 Å². The quantitative estimate of drug-likeness (QED) is 0.0768. The van der Waals surface area contributed by atoms with Gasteiger partial charge in [-0.15, -0.1) is 11.8 Å². The maximum atomic E-state index is 13.5. The van der Waals surface area contributed by atoms with Crippen molar-refractivity contribution in [1.29, 1.82) is 0 Å². The van der Waals surface area contributed by atoms with Crippen LogP contribution in [0.25, 0.3) is 6.08 Å². The molecule has 0 aromatic heterocycles. The van der Waals surface area contributed by atoms with Crippen LogP contribution >= 0.6 is 11.8 Å². The molecule has 4 rings (SSSR count). The minimum atomic E-state index is -0.554. The van der Waals surface area contributed by atoms with Crippen LogP contribution in [0.4, 0.5) is 17.1 Å². The van der Waals surface area contributed by atoms with Gasteiger partial charge in [0.15, 0.2) is 0 Å². The first-order chi connectivity index (χ1) is 21.1. The zero-order valence-corrected chi connectivity index (χ0v) is 25.0. The van der Waals surface area contributed by atoms with E-state index in [2.05, 4.69) is 16.0 Å². The van der Waals surface area contributed by atoms with Gasteiger partial charge in [0.25, 0.3) is 17.5 Å². The lowest BCUT2D eigenvalue weighted by Crippen LogP contribution is -2.30. The molecule has 1 atom stereocenters. The Morgan fingerprint density at radius 2 is 1.64 bits per heavy atom. The number of carbonyl (C=O) groups excluding carboxylic acids is 3. The minimum Gasteiger partial charge on any atom is -0.496 e. The number of nitrogens with one attached hydrogen (secondary N) is 3. The minimum absolute atomic E-state index is 0.00706. The van der Waals surface area contributed by atoms with Crippen molar-refractivity contribution >= 4 is 52.6 Å². The third kappa shape index (κ3) is 8.33. The van der Waals surface area contributed by atoms with Crippen LogP contribution in [0.2, 0.25) is 0 Å². The third-order valence-corrected chi connectivity index (χ3v) is 7.51. The zero-order valence-electron chi connectivity index (χ0n) is 24.2. The Bertz CT molecular complexity index is 1720. The number of ether oxygens (including phenoxy) is 1. The molecule has 0 bridgehead atoms. The van der Waals surface area contributed by atoms with Crippen LogP contribution in [0.1, 0.15) is 28.4 Å². The zero-order chi connectivity index (χ0) is 31.6. The smallest absolute Gasteiger partial charge is 0.272 e. The molecular weight excluding hydrogens is 580 g/mol. The summed E-state index contributed by atoms with van der Waals surface area (Å²) in [5.41, 5.74) is 2.46. The number of nitro groups is 1. The van der Waals surface area contributed by atoms with Gasteiger partial charge in [-0.3, -0.25) is 24.5 Å². The predicted molar refractivity (Wildman–Crippen MR) is 172 cm³/mol. The molecular formula is C33H30N4O6S. The molecule has 11 heteroatoms. The van der Waals surface area contributed by atoms with E-state index in [1.54, 1.807) is 92.7 Å². The highest BCUT2D eigenvalue weighted by Crippen LogP contribution is 2.28. The second-order valence-corrected chi connectivity index (χ2v) is 11.0. The second kappa shape index (κ2) is 14.7. The Morgan fingerprint density at radius 3 is 2.34 bits per heavy atom. The highest BCUT2D eigenvalue weighted by Gasteiger charge is 2.19. The van der Waals surface area contributed by atoms with Crippen molar-refractivity contribution < 1.29 is 24.0 Å². The number of aryl methyl sites for hydroxylation is 1. The van der Waals surface area contributed by atoms with Crippen LogP contribution < -0.4 is 20.7 Å². The summed E-state index contributed by atoms with van der Waals surface area (Å²) >= 11 is 1.28. The van der Waals surface area contributed by atoms with Gasteiger partial charge in [0.2, 0.25) is 5.91 Å². The molecule has 0 aliphatic heterocycles. The van der Waals surface area contributed by atoms with E-state index in [0.717, 1.165) is 4.90 Å². The van der Waals surface area contributed by atoms with Gasteiger partial charge in [0, 0.05) is 39.5 Å². The summed E-state index contributed by atoms with van der Waals surface area (Å²) in [6.45, 7) is 3.42. The molecule has 44 heavy (non-hydrogen) atoms. The summed E-state index contributed by atoms with van der Waals surface area (Å²) in [7, 11) is 1.52. The topological polar surface area (TPSA) is 140 Å². The van der Waals surface area contributed by atoms with E-state index in [1.807, 2.05) is 6.07 Å². The van der Waals surface area contributed by atoms with Crippen molar-refractivity contribution in [3.05, 3.63) is 130 Å². The molecule has 4 aromatic carbocycles. The molecule has 0 aliphatic carbocycles. The summed E-state index contributed by atoms with van der Waals surface area (Å²) < 4.78 is 5.41. The van der Waals surface area contributed by atoms with E-state index in [4.69, 9.17) is 4.74 Å². The van der Waals surface area contributed by atoms with Crippen LogP contribution in [0.15, 0.2) is 108 Å². The van der Waals surface area contributed by atoms with Gasteiger partial charge in [-0.05, 0) is 68.0 Å². The molecule has 224 valence electrons. The highest BCUT2D eigenvalue weighted by molar-refractivity contribution is 8.00. The molecule has 10 nitrogen and oxygen atoms in total. The Labute approximate surface area is 258 Å². The second-order valence-electron chi connectivity index (χ2n) is 9.61. The lowest BCUT2D eigenvalue weighted by Gasteiger charge is -2.15. The van der Waals surface area contributed by atoms with Crippen molar-refractivity contribution in [2.45, 2.75) is 24.0 Å². The van der Waals surface area contributed by atoms with Crippen LogP contribution in [0, 0.1) is 17.0 Å². The normalized spacial score (nSPS) is 11.7. The number of rotatable bonds is 11. The molecule has 0 fully saturated rings. The van der Waals surface area contributed by atoms with Gasteiger partial charge >= 0.3 is 0 Å². The fourth-order valence-electron chi connectivity index (χ4n) is 4.12. The molecule has 0 radical (unpaired) electrons. The van der Waals surface area contributed by atoms with E-state index >= 15 is 0 Å². The monoisotopic (exact) mass is 610 g/mol. The predicted octanol–water partition coefficient (Wildman–Crippen LogP) is 6.44. The average molecular weight is 611 g/mol. The largest absolute Gasteiger partial charge is 0.496 e. The summed E-state index contributed by atoms with van der Waals surface area (Å²) in [5.74, 6) is -0.760. The lowest BCUT2D eigenvalue weighted by molar-refractivity contribution is -0.384. The van der Waals surface area contributed by atoms with Gasteiger partial charge in [0.1, 0.15) is 11.4 Å². The molecule has 0 spiro atoms. The van der Waals surface area contributed by atoms with Crippen LogP contribution in [-0.4, -0.2) is 35.0 Å². The van der Waals surface area contributed by atoms with Crippen LogP contribution in [0.3, 0.4) is 0 Å². The average Bonchev–Trinajstić information content (AvgIpc) is 3.02. The number of nitrogens with zero attached hydrogens (tertiary/aromatic N) is 1. The van der Waals surface area contributed by atoms with E-state index in [-0.39, 0.29) is 17.3 Å². The van der Waals surface area contributed by atoms with E-state index in [9.17, 15) is 24.5 Å². The first-order valence-corrected chi connectivity index (χ1v) is 14.4. The lowest BCUT2D eigenvalue weighted by atomic mass is 10.1. The Balaban J connectivity index is 1.49. The number of carbonyl (C=O) groups is 3. The number of methoxy groups -OCH3 is 1. The Morgan fingerprint density at radius 1 is 0.909 bits per heavy atom. The molecule has 0 heterocycles. The molecule has 1 unspecified atom stereocenters. The number of amides is 3. The van der Waals surface area contributed by atoms with E-state index < -0.39 is 22.0 Å². The Hall–Kier alpha value is -5.42. The van der Waals surface area contributed by atoms with Crippen LogP contribution in [0.5, 0.6) is 5.75 Å². The maximum Gasteiger partial charge on any atom is 0.272 e. The number of anilines is 2. The molecule has 4 aromatic rings. The van der Waals surface area contributed by atoms with Crippen molar-refractivity contribution in [2.75, 3.05) is 17.7 Å². The van der Waals surface area contributed by atoms with Gasteiger partial charge in [-0.1, -0.05) is 42.5 Å². The number of para-hydroxylation sites is 1. The van der Waals surface area contributed by atoms with Gasteiger partial charge in [-0.2, -0.15) is 0 Å². The number of non-ortho nitro benzene ring substituents is 1. The first-order valence-electron chi connectivity index (χ1n) is 13.5. The van der Waals surface area contributed by atoms with Gasteiger partial charge in [-0.25, -0.2) is 0 Å². The number of hydrogen-bond donors (Lipinski definition) is 3. The molecule has 0 saturated heterocycles. The first kappa shape index (κ1) is 31.5. The summed E-state index contributed by atoms with van der Waals surface area (Å²) in [6.07, 6.45) is 1.54. The summed E-state index contributed by atoms with van der Waals surface area (Å²) in [4.78, 5) is 50.6. The van der Waals surface area contributed by atoms with Crippen molar-refractivity contribution in [3.8, 4) is 5.75 Å². The summed E-state index contributed by atoms with van der Waals surface area (Å²) in [6, 6.07) is 26.9.